The van der Waals surface area contributed by atoms with E-state index in [9.17, 15) is 19.2 Å². The summed E-state index contributed by atoms with van der Waals surface area (Å²) in [6.45, 7) is 7.81. The standard InChI is InChI=1S/C80H160N6O4/c81-77(87)67-57-49-41-33-25-17-9-1-5-13-21-29-37-45-53-61-71-85(72-62-54-46-38-30-22-14-6-2-10-18-26-34-42-50-58-68-78(82)88)75-65-66-76-86(73-63-55-47-39-31-23-15-7-3-11-19-27-35-43-51-59-69-79(83)89)74-64-56-48-40-32-24-16-8-4-12-20-28-36-44-52-60-70-80(84)90/h1-76H2,(H2,81,87)(H2,82,88)(H2,83,89)(H2,84,90). The number of amides is 4. The molecule has 0 aromatic rings. The van der Waals surface area contributed by atoms with Crippen molar-refractivity contribution in [3.63, 3.8) is 0 Å². The van der Waals surface area contributed by atoms with Crippen LogP contribution in [0.25, 0.3) is 0 Å². The molecule has 10 nitrogen and oxygen atoms in total. The van der Waals surface area contributed by atoms with Crippen LogP contribution in [0.2, 0.25) is 0 Å². The number of carbonyl (C=O) groups excluding carboxylic acids is 4. The van der Waals surface area contributed by atoms with E-state index in [1.54, 1.807) is 0 Å². The third kappa shape index (κ3) is 78.2. The molecule has 0 bridgehead atoms. The smallest absolute Gasteiger partial charge is 0.217 e. The van der Waals surface area contributed by atoms with Crippen LogP contribution in [0.15, 0.2) is 0 Å². The lowest BCUT2D eigenvalue weighted by molar-refractivity contribution is -0.119. The van der Waals surface area contributed by atoms with Gasteiger partial charge in [0.25, 0.3) is 0 Å². The zero-order valence-corrected chi connectivity index (χ0v) is 60.6. The molecule has 534 valence electrons. The molecular formula is C80H160N6O4. The van der Waals surface area contributed by atoms with E-state index in [0.29, 0.717) is 25.7 Å². The molecule has 0 aromatic heterocycles. The summed E-state index contributed by atoms with van der Waals surface area (Å²) in [6, 6.07) is 0. The van der Waals surface area contributed by atoms with Crippen LogP contribution >= 0.6 is 0 Å². The van der Waals surface area contributed by atoms with Gasteiger partial charge in [-0.2, -0.15) is 0 Å². The third-order valence-corrected chi connectivity index (χ3v) is 19.8. The summed E-state index contributed by atoms with van der Waals surface area (Å²) in [5.41, 5.74) is 21.1. The van der Waals surface area contributed by atoms with E-state index in [2.05, 4.69) is 9.80 Å². The first-order valence-corrected chi connectivity index (χ1v) is 40.8. The monoisotopic (exact) mass is 1270 g/mol. The molecule has 0 atom stereocenters. The van der Waals surface area contributed by atoms with Crippen LogP contribution in [0.3, 0.4) is 0 Å². The summed E-state index contributed by atoms with van der Waals surface area (Å²) in [6.07, 6.45) is 90.9. The molecule has 90 heavy (non-hydrogen) atoms. The zero-order valence-electron chi connectivity index (χ0n) is 60.6. The molecule has 4 amide bonds. The molecule has 0 aliphatic heterocycles. The lowest BCUT2D eigenvalue weighted by Gasteiger charge is -2.25. The summed E-state index contributed by atoms with van der Waals surface area (Å²) in [4.78, 5) is 49.5. The normalized spacial score (nSPS) is 11.7. The number of carbonyl (C=O) groups is 4. The highest BCUT2D eigenvalue weighted by Gasteiger charge is 2.10. The average molecular weight is 1270 g/mol. The largest absolute Gasteiger partial charge is 0.370 e. The second kappa shape index (κ2) is 75.8. The van der Waals surface area contributed by atoms with Crippen molar-refractivity contribution >= 4 is 23.6 Å². The number of hydrogen-bond acceptors (Lipinski definition) is 6. The molecule has 0 radical (unpaired) electrons. The zero-order chi connectivity index (χ0) is 65.2. The second-order valence-corrected chi connectivity index (χ2v) is 28.9. The Labute approximate surface area is 561 Å². The number of nitrogens with two attached hydrogens (primary N) is 4. The van der Waals surface area contributed by atoms with Gasteiger partial charge >= 0.3 is 0 Å². The fourth-order valence-electron chi connectivity index (χ4n) is 13.8. The Morgan fingerprint density at radius 2 is 0.211 bits per heavy atom. The van der Waals surface area contributed by atoms with Gasteiger partial charge in [-0.1, -0.05) is 360 Å². The predicted molar refractivity (Wildman–Crippen MR) is 393 cm³/mol. The summed E-state index contributed by atoms with van der Waals surface area (Å²) >= 11 is 0. The van der Waals surface area contributed by atoms with Crippen LogP contribution in [-0.2, 0) is 19.2 Å². The number of nitrogens with zero attached hydrogens (tertiary/aromatic N) is 2. The van der Waals surface area contributed by atoms with E-state index >= 15 is 0 Å². The maximum atomic E-state index is 10.9. The first kappa shape index (κ1) is 87.8. The van der Waals surface area contributed by atoms with E-state index in [0.717, 1.165) is 51.4 Å². The van der Waals surface area contributed by atoms with Crippen molar-refractivity contribution in [3.8, 4) is 0 Å². The Balaban J connectivity index is 4.82. The van der Waals surface area contributed by atoms with E-state index < -0.39 is 0 Å². The highest BCUT2D eigenvalue weighted by atomic mass is 16.2. The van der Waals surface area contributed by atoms with Crippen molar-refractivity contribution in [1.82, 2.24) is 9.80 Å². The maximum Gasteiger partial charge on any atom is 0.217 e. The Hall–Kier alpha value is -2.20. The molecule has 0 heterocycles. The molecule has 8 N–H and O–H groups in total. The van der Waals surface area contributed by atoms with Gasteiger partial charge in [0, 0.05) is 25.7 Å². The Morgan fingerprint density at radius 3 is 0.311 bits per heavy atom. The molecule has 0 saturated carbocycles. The van der Waals surface area contributed by atoms with Crippen LogP contribution in [-0.4, -0.2) is 72.7 Å². The van der Waals surface area contributed by atoms with Gasteiger partial charge in [0.05, 0.1) is 0 Å². The minimum atomic E-state index is -0.154. The molecule has 0 saturated heterocycles. The molecule has 0 aliphatic carbocycles. The first-order valence-electron chi connectivity index (χ1n) is 40.8. The Bertz CT molecular complexity index is 1260. The molecule has 0 spiro atoms. The number of hydrogen-bond donors (Lipinski definition) is 4. The first-order chi connectivity index (χ1) is 44.2. The minimum absolute atomic E-state index is 0.154. The van der Waals surface area contributed by atoms with Crippen molar-refractivity contribution in [2.24, 2.45) is 22.9 Å². The van der Waals surface area contributed by atoms with Crippen LogP contribution in [0, 0.1) is 0 Å². The maximum absolute atomic E-state index is 10.9. The van der Waals surface area contributed by atoms with E-state index in [1.165, 1.54) is 412 Å². The quantitative estimate of drug-likeness (QED) is 0.0440. The van der Waals surface area contributed by atoms with Gasteiger partial charge in [0.15, 0.2) is 0 Å². The van der Waals surface area contributed by atoms with Gasteiger partial charge in [-0.15, -0.1) is 0 Å². The minimum Gasteiger partial charge on any atom is -0.370 e. The van der Waals surface area contributed by atoms with Gasteiger partial charge in [0.2, 0.25) is 23.6 Å². The summed E-state index contributed by atoms with van der Waals surface area (Å²) in [7, 11) is 0. The summed E-state index contributed by atoms with van der Waals surface area (Å²) in [5, 5.41) is 0. The summed E-state index contributed by atoms with van der Waals surface area (Å²) in [5.74, 6) is -0.617. The fourth-order valence-corrected chi connectivity index (χ4v) is 13.8. The van der Waals surface area contributed by atoms with Crippen molar-refractivity contribution in [2.75, 3.05) is 39.3 Å². The predicted octanol–water partition coefficient (Wildman–Crippen LogP) is 22.8. The topological polar surface area (TPSA) is 179 Å². The van der Waals surface area contributed by atoms with E-state index in [-0.39, 0.29) is 23.6 Å². The van der Waals surface area contributed by atoms with Crippen LogP contribution in [0.5, 0.6) is 0 Å². The molecule has 10 heteroatoms. The number of rotatable bonds is 81. The summed E-state index contributed by atoms with van der Waals surface area (Å²) < 4.78 is 0. The molecule has 0 aliphatic rings. The molecule has 0 rings (SSSR count). The van der Waals surface area contributed by atoms with Crippen molar-refractivity contribution in [1.29, 1.82) is 0 Å². The average Bonchev–Trinajstić information content (AvgIpc) is 3.61. The van der Waals surface area contributed by atoms with Crippen LogP contribution < -0.4 is 22.9 Å². The lowest BCUT2D eigenvalue weighted by Crippen LogP contribution is -2.30. The molecule has 0 fully saturated rings. The van der Waals surface area contributed by atoms with Crippen molar-refractivity contribution in [2.45, 2.75) is 449 Å². The molecule has 0 aromatic carbocycles. The highest BCUT2D eigenvalue weighted by molar-refractivity contribution is 5.74. The Kier molecular flexibility index (Phi) is 74.0. The van der Waals surface area contributed by atoms with Crippen molar-refractivity contribution in [3.05, 3.63) is 0 Å². The molecule has 0 unspecified atom stereocenters. The van der Waals surface area contributed by atoms with Gasteiger partial charge in [0.1, 0.15) is 0 Å². The van der Waals surface area contributed by atoms with E-state index in [4.69, 9.17) is 22.9 Å². The van der Waals surface area contributed by atoms with Gasteiger partial charge in [-0.25, -0.2) is 0 Å². The molecular weight excluding hydrogens is 1110 g/mol. The van der Waals surface area contributed by atoms with Gasteiger partial charge in [-0.3, -0.25) is 19.2 Å². The van der Waals surface area contributed by atoms with Crippen molar-refractivity contribution < 1.29 is 19.2 Å². The highest BCUT2D eigenvalue weighted by Crippen LogP contribution is 2.20. The lowest BCUT2D eigenvalue weighted by atomic mass is 10.0. The van der Waals surface area contributed by atoms with Crippen LogP contribution in [0.4, 0.5) is 0 Å². The number of unbranched alkanes of at least 4 members (excludes halogenated alkanes) is 61. The fraction of sp³-hybridized carbons (Fsp3) is 0.950. The second-order valence-electron chi connectivity index (χ2n) is 28.9. The SMILES string of the molecule is NC(=O)CCCCCCCCCCCCCCCCCCN(CCCCCCCCCCCCCCCCCCC(N)=O)CCCCN(CCCCCCCCCCCCCCCCCCC(N)=O)CCCCCCCCCCCCCCCCCCC(N)=O. The van der Waals surface area contributed by atoms with E-state index in [1.807, 2.05) is 0 Å². The number of primary amides is 4. The van der Waals surface area contributed by atoms with Crippen LogP contribution in [0.1, 0.15) is 449 Å². The van der Waals surface area contributed by atoms with Gasteiger partial charge in [-0.05, 0) is 103 Å². The third-order valence-electron chi connectivity index (χ3n) is 19.8. The van der Waals surface area contributed by atoms with Gasteiger partial charge < -0.3 is 32.7 Å². The Morgan fingerprint density at radius 1 is 0.133 bits per heavy atom.